The Morgan fingerprint density at radius 2 is 1.96 bits per heavy atom. The van der Waals surface area contributed by atoms with Crippen LogP contribution >= 0.6 is 0 Å². The Hall–Kier alpha value is -2.35. The van der Waals surface area contributed by atoms with Gasteiger partial charge < -0.3 is 15.0 Å². The number of rotatable bonds is 6. The number of nitrogens with zero attached hydrogens (tertiary/aromatic N) is 2. The Kier molecular flexibility index (Phi) is 5.28. The molecule has 0 bridgehead atoms. The average Bonchev–Trinajstić information content (AvgIpc) is 2.93. The minimum absolute atomic E-state index is 0.0632. The molecule has 0 spiro atoms. The van der Waals surface area contributed by atoms with E-state index in [0.717, 1.165) is 10.1 Å². The van der Waals surface area contributed by atoms with Gasteiger partial charge in [-0.25, -0.2) is 4.98 Å². The fourth-order valence-corrected chi connectivity index (χ4v) is 2.37. The summed E-state index contributed by atoms with van der Waals surface area (Å²) in [6.07, 6.45) is -3.06. The number of benzene rings is 1. The SMILES string of the molecule is Cn1ccnc1[C@@](O)(CCNC(=O)Cc1ccccc1)C(F)(F)F. The summed E-state index contributed by atoms with van der Waals surface area (Å²) in [5.41, 5.74) is -2.36. The molecule has 0 aliphatic rings. The van der Waals surface area contributed by atoms with Crippen LogP contribution in [0.2, 0.25) is 0 Å². The van der Waals surface area contributed by atoms with Crippen LogP contribution in [0.3, 0.4) is 0 Å². The summed E-state index contributed by atoms with van der Waals surface area (Å²) >= 11 is 0. The van der Waals surface area contributed by atoms with E-state index in [9.17, 15) is 23.1 Å². The molecule has 130 valence electrons. The first-order chi connectivity index (χ1) is 11.2. The highest BCUT2D eigenvalue weighted by Crippen LogP contribution is 2.40. The highest BCUT2D eigenvalue weighted by molar-refractivity contribution is 5.78. The lowest BCUT2D eigenvalue weighted by molar-refractivity contribution is -0.272. The van der Waals surface area contributed by atoms with Gasteiger partial charge in [0.15, 0.2) is 0 Å². The number of nitrogens with one attached hydrogen (secondary N) is 1. The van der Waals surface area contributed by atoms with E-state index in [1.165, 1.54) is 19.4 Å². The van der Waals surface area contributed by atoms with E-state index in [0.29, 0.717) is 0 Å². The standard InChI is InChI=1S/C16H18F3N3O2/c1-22-10-9-21-14(22)15(24,16(17,18)19)7-8-20-13(23)11-12-5-3-2-4-6-12/h2-6,9-10,24H,7-8,11H2,1H3,(H,20,23)/t15-/m0/s1. The van der Waals surface area contributed by atoms with Crippen molar-refractivity contribution < 1.29 is 23.1 Å². The maximum absolute atomic E-state index is 13.3. The van der Waals surface area contributed by atoms with Crippen LogP contribution in [0.1, 0.15) is 17.8 Å². The van der Waals surface area contributed by atoms with Gasteiger partial charge in [0.1, 0.15) is 5.82 Å². The highest BCUT2D eigenvalue weighted by Gasteiger charge is 2.57. The molecule has 0 radical (unpaired) electrons. The maximum Gasteiger partial charge on any atom is 0.424 e. The number of alkyl halides is 3. The Balaban J connectivity index is 1.99. The van der Waals surface area contributed by atoms with Gasteiger partial charge in [-0.1, -0.05) is 30.3 Å². The minimum atomic E-state index is -4.91. The summed E-state index contributed by atoms with van der Waals surface area (Å²) < 4.78 is 41.0. The lowest BCUT2D eigenvalue weighted by Gasteiger charge is -2.30. The van der Waals surface area contributed by atoms with Crippen LogP contribution in [-0.2, 0) is 23.9 Å². The van der Waals surface area contributed by atoms with Crippen molar-refractivity contribution in [2.45, 2.75) is 24.6 Å². The van der Waals surface area contributed by atoms with Gasteiger partial charge >= 0.3 is 6.18 Å². The molecule has 8 heteroatoms. The van der Waals surface area contributed by atoms with Crippen molar-refractivity contribution in [2.75, 3.05) is 6.54 Å². The highest BCUT2D eigenvalue weighted by atomic mass is 19.4. The smallest absolute Gasteiger partial charge is 0.374 e. The lowest BCUT2D eigenvalue weighted by Crippen LogP contribution is -2.46. The summed E-state index contributed by atoms with van der Waals surface area (Å²) in [6, 6.07) is 8.84. The number of halogens is 3. The van der Waals surface area contributed by atoms with Gasteiger partial charge in [-0.15, -0.1) is 0 Å². The number of hydrogen-bond acceptors (Lipinski definition) is 3. The van der Waals surface area contributed by atoms with E-state index >= 15 is 0 Å². The van der Waals surface area contributed by atoms with Gasteiger partial charge in [-0.2, -0.15) is 13.2 Å². The zero-order valence-corrected chi connectivity index (χ0v) is 13.0. The van der Waals surface area contributed by atoms with Gasteiger partial charge in [-0.05, 0) is 5.56 Å². The molecule has 1 aromatic heterocycles. The predicted octanol–water partition coefficient (Wildman–Crippen LogP) is 1.92. The van der Waals surface area contributed by atoms with Crippen molar-refractivity contribution in [3.8, 4) is 0 Å². The summed E-state index contributed by atoms with van der Waals surface area (Å²) in [6.45, 7) is -0.325. The fourth-order valence-electron chi connectivity index (χ4n) is 2.37. The number of carbonyl (C=O) groups is 1. The molecule has 0 saturated heterocycles. The molecule has 0 aliphatic carbocycles. The van der Waals surface area contributed by atoms with Crippen molar-refractivity contribution in [1.29, 1.82) is 0 Å². The molecule has 1 aromatic carbocycles. The normalized spacial score (nSPS) is 14.2. The first kappa shape index (κ1) is 18.0. The van der Waals surface area contributed by atoms with E-state index in [4.69, 9.17) is 0 Å². The van der Waals surface area contributed by atoms with Crippen LogP contribution in [0, 0.1) is 0 Å². The Morgan fingerprint density at radius 1 is 1.29 bits per heavy atom. The van der Waals surface area contributed by atoms with Crippen LogP contribution in [0.4, 0.5) is 13.2 Å². The van der Waals surface area contributed by atoms with E-state index in [-0.39, 0.29) is 13.0 Å². The Labute approximate surface area is 137 Å². The molecule has 5 nitrogen and oxygen atoms in total. The summed E-state index contributed by atoms with van der Waals surface area (Å²) in [5, 5.41) is 12.5. The maximum atomic E-state index is 13.3. The van der Waals surface area contributed by atoms with Crippen molar-refractivity contribution in [3.63, 3.8) is 0 Å². The van der Waals surface area contributed by atoms with Crippen molar-refractivity contribution in [2.24, 2.45) is 7.05 Å². The molecule has 1 heterocycles. The number of aliphatic hydroxyl groups is 1. The van der Waals surface area contributed by atoms with Crippen molar-refractivity contribution in [1.82, 2.24) is 14.9 Å². The number of aryl methyl sites for hydroxylation is 1. The monoisotopic (exact) mass is 341 g/mol. The third kappa shape index (κ3) is 3.94. The van der Waals surface area contributed by atoms with Gasteiger partial charge in [0.2, 0.25) is 11.5 Å². The molecule has 0 unspecified atom stereocenters. The predicted molar refractivity (Wildman–Crippen MR) is 80.9 cm³/mol. The summed E-state index contributed by atoms with van der Waals surface area (Å²) in [7, 11) is 1.37. The molecular weight excluding hydrogens is 323 g/mol. The zero-order valence-electron chi connectivity index (χ0n) is 13.0. The number of imidazole rings is 1. The number of hydrogen-bond donors (Lipinski definition) is 2. The third-order valence-corrected chi connectivity index (χ3v) is 3.68. The van der Waals surface area contributed by atoms with Crippen molar-refractivity contribution >= 4 is 5.91 Å². The van der Waals surface area contributed by atoms with Crippen molar-refractivity contribution in [3.05, 3.63) is 54.1 Å². The molecule has 2 aromatic rings. The van der Waals surface area contributed by atoms with Crippen LogP contribution in [0.25, 0.3) is 0 Å². The molecule has 1 atom stereocenters. The zero-order chi connectivity index (χ0) is 17.8. The molecule has 24 heavy (non-hydrogen) atoms. The van der Waals surface area contributed by atoms with Gasteiger partial charge in [0.05, 0.1) is 6.42 Å². The lowest BCUT2D eigenvalue weighted by atomic mass is 9.97. The Morgan fingerprint density at radius 3 is 2.50 bits per heavy atom. The quantitative estimate of drug-likeness (QED) is 0.844. The molecular formula is C16H18F3N3O2. The van der Waals surface area contributed by atoms with E-state index in [2.05, 4.69) is 10.3 Å². The topological polar surface area (TPSA) is 67.2 Å². The van der Waals surface area contributed by atoms with E-state index < -0.39 is 29.9 Å². The second-order valence-corrected chi connectivity index (χ2v) is 5.48. The molecule has 0 aliphatic heterocycles. The van der Waals surface area contributed by atoms with Crippen LogP contribution in [-0.4, -0.2) is 33.3 Å². The van der Waals surface area contributed by atoms with Crippen LogP contribution < -0.4 is 5.32 Å². The number of aromatic nitrogens is 2. The molecule has 0 fully saturated rings. The fraction of sp³-hybridized carbons (Fsp3) is 0.375. The van der Waals surface area contributed by atoms with Gasteiger partial charge in [-0.3, -0.25) is 4.79 Å². The van der Waals surface area contributed by atoms with Gasteiger partial charge in [0.25, 0.3) is 0 Å². The Bertz CT molecular complexity index is 685. The minimum Gasteiger partial charge on any atom is -0.374 e. The first-order valence-electron chi connectivity index (χ1n) is 7.31. The van der Waals surface area contributed by atoms with E-state index in [1.54, 1.807) is 30.3 Å². The van der Waals surface area contributed by atoms with Crippen LogP contribution in [0.5, 0.6) is 0 Å². The second-order valence-electron chi connectivity index (χ2n) is 5.48. The largest absolute Gasteiger partial charge is 0.424 e. The summed E-state index contributed by atoms with van der Waals surface area (Å²) in [5.74, 6) is -0.919. The summed E-state index contributed by atoms with van der Waals surface area (Å²) in [4.78, 5) is 15.4. The second kappa shape index (κ2) is 7.04. The molecule has 2 N–H and O–H groups in total. The first-order valence-corrected chi connectivity index (χ1v) is 7.31. The number of carbonyl (C=O) groups excluding carboxylic acids is 1. The number of amides is 1. The molecule has 2 rings (SSSR count). The molecule has 0 saturated carbocycles. The van der Waals surface area contributed by atoms with Crippen LogP contribution in [0.15, 0.2) is 42.7 Å². The third-order valence-electron chi connectivity index (χ3n) is 3.68. The van der Waals surface area contributed by atoms with E-state index in [1.807, 2.05) is 0 Å². The average molecular weight is 341 g/mol. The molecule has 1 amide bonds. The van der Waals surface area contributed by atoms with Gasteiger partial charge in [0, 0.05) is 32.4 Å².